The normalized spacial score (nSPS) is 26.8. The van der Waals surface area contributed by atoms with Gasteiger partial charge in [0.2, 0.25) is 5.91 Å². The lowest BCUT2D eigenvalue weighted by atomic mass is 9.82. The van der Waals surface area contributed by atoms with Crippen LogP contribution in [0.25, 0.3) is 0 Å². The third-order valence-electron chi connectivity index (χ3n) is 10.4. The minimum absolute atomic E-state index is 0. The van der Waals surface area contributed by atoms with Gasteiger partial charge in [-0.05, 0) is 108 Å². The van der Waals surface area contributed by atoms with Crippen molar-refractivity contribution < 1.29 is 30.0 Å². The van der Waals surface area contributed by atoms with Gasteiger partial charge in [-0.3, -0.25) is 14.0 Å². The number of nitrogens with zero attached hydrogens (tertiary/aromatic N) is 4. The number of carboxylic acid groups (broad SMARTS) is 1. The Morgan fingerprint density at radius 3 is 1.45 bits per heavy atom. The summed E-state index contributed by atoms with van der Waals surface area (Å²) < 4.78 is 15.5. The van der Waals surface area contributed by atoms with Gasteiger partial charge in [-0.25, -0.2) is 0 Å². The zero-order valence-electron chi connectivity index (χ0n) is 33.9. The number of carbonyl (C=O) groups is 4. The number of aldehydes is 2. The van der Waals surface area contributed by atoms with Crippen molar-refractivity contribution in [2.24, 2.45) is 41.1 Å². The van der Waals surface area contributed by atoms with E-state index in [-0.39, 0.29) is 55.6 Å². The van der Waals surface area contributed by atoms with Gasteiger partial charge in [0.1, 0.15) is 33.6 Å². The predicted octanol–water partition coefficient (Wildman–Crippen LogP) is 7.95. The Hall–Kier alpha value is -2.17. The summed E-state index contributed by atoms with van der Waals surface area (Å²) in [5, 5.41) is 29.6. The lowest BCUT2D eigenvalue weighted by Gasteiger charge is -2.24. The van der Waals surface area contributed by atoms with Crippen LogP contribution in [0.2, 0.25) is 0 Å². The molecule has 0 aliphatic heterocycles. The molecule has 0 spiro atoms. The minimum atomic E-state index is -1.00. The van der Waals surface area contributed by atoms with E-state index in [1.807, 2.05) is 11.0 Å². The lowest BCUT2D eigenvalue weighted by molar-refractivity contribution is -0.143. The fourth-order valence-corrected chi connectivity index (χ4v) is 8.36. The summed E-state index contributed by atoms with van der Waals surface area (Å²) in [5.41, 5.74) is 14.1. The number of alkyl halides is 1. The van der Waals surface area contributed by atoms with E-state index < -0.39 is 13.1 Å². The molecule has 0 unspecified atom stereocenters. The average molecular weight is 858 g/mol. The maximum Gasteiger partial charge on any atom is 0.306 e. The molecule has 17 heteroatoms. The molecule has 0 aromatic carbocycles. The van der Waals surface area contributed by atoms with Crippen molar-refractivity contribution in [2.75, 3.05) is 20.2 Å². The summed E-state index contributed by atoms with van der Waals surface area (Å²) in [5.74, 6) is 3.34. The molecule has 55 heavy (non-hydrogen) atoms. The lowest BCUT2D eigenvalue weighted by Crippen LogP contribution is -2.33. The predicted molar refractivity (Wildman–Crippen MR) is 225 cm³/mol. The van der Waals surface area contributed by atoms with E-state index in [0.717, 1.165) is 88.2 Å². The van der Waals surface area contributed by atoms with Crippen molar-refractivity contribution in [3.05, 3.63) is 21.0 Å². The van der Waals surface area contributed by atoms with Gasteiger partial charge in [-0.15, -0.1) is 67.9 Å². The first-order valence-corrected chi connectivity index (χ1v) is 21.0. The second kappa shape index (κ2) is 33.9. The zero-order valence-corrected chi connectivity index (χ0v) is 36.2. The van der Waals surface area contributed by atoms with E-state index in [1.54, 1.807) is 22.7 Å². The molecular weight excluding hydrogens is 788 g/mol. The number of nitrogens with two attached hydrogens (primary N) is 2. The quantitative estimate of drug-likeness (QED) is 0.197. The van der Waals surface area contributed by atoms with Crippen molar-refractivity contribution >= 4 is 71.9 Å². The number of rotatable bonds is 7. The summed E-state index contributed by atoms with van der Waals surface area (Å²) in [6.45, 7) is 7.05. The summed E-state index contributed by atoms with van der Waals surface area (Å²) in [6, 6.07) is 0.425. The van der Waals surface area contributed by atoms with Crippen LogP contribution in [0.1, 0.15) is 147 Å². The molecule has 12 nitrogen and oxygen atoms in total. The number of carbonyl (C=O) groups excluding carboxylic acids is 3. The highest BCUT2D eigenvalue weighted by molar-refractivity contribution is 7.09. The maximum absolute atomic E-state index is 11.4. The van der Waals surface area contributed by atoms with Crippen molar-refractivity contribution in [2.45, 2.75) is 141 Å². The Balaban J connectivity index is 0. The van der Waals surface area contributed by atoms with Gasteiger partial charge >= 0.3 is 5.97 Å². The van der Waals surface area contributed by atoms with Crippen LogP contribution in [0, 0.1) is 29.6 Å². The number of aromatic nitrogens is 4. The van der Waals surface area contributed by atoms with E-state index in [1.165, 1.54) is 48.5 Å². The number of aliphatic carboxylic acids is 1. The Morgan fingerprint density at radius 2 is 1.13 bits per heavy atom. The molecule has 0 atom stereocenters. The second-order valence-electron chi connectivity index (χ2n) is 14.7. The SMILES string of the molecule is CC1CCC(C(=O)NCC=O)CC1.CC1CCC(C(=O)O)CC1.CC1CCC(c2nncs2)CC1.Cl.Cl.NC1CCC(c2nncs2)CC1.NCC=O.[2H]CF. The number of carboxylic acids is 1. The minimum Gasteiger partial charge on any atom is -0.481 e. The smallest absolute Gasteiger partial charge is 0.306 e. The third kappa shape index (κ3) is 24.3. The Bertz CT molecular complexity index is 1180. The molecule has 4 aliphatic rings. The molecule has 318 valence electrons. The molecule has 4 fully saturated rings. The number of amides is 1. The molecular formula is C38H68Cl2FN7O5S2. The number of hydrogen-bond acceptors (Lipinski definition) is 12. The molecule has 6 rings (SSSR count). The molecule has 4 aliphatic carbocycles. The van der Waals surface area contributed by atoms with E-state index in [4.69, 9.17) is 17.0 Å². The number of nitrogens with one attached hydrogen (secondary N) is 1. The molecule has 0 radical (unpaired) electrons. The van der Waals surface area contributed by atoms with Crippen molar-refractivity contribution in [3.8, 4) is 0 Å². The van der Waals surface area contributed by atoms with Crippen LogP contribution in [0.3, 0.4) is 0 Å². The largest absolute Gasteiger partial charge is 0.481 e. The molecule has 2 heterocycles. The van der Waals surface area contributed by atoms with Crippen LogP contribution in [0.5, 0.6) is 0 Å². The fraction of sp³-hybridized carbons (Fsp3) is 0.789. The van der Waals surface area contributed by atoms with Gasteiger partial charge in [0.25, 0.3) is 0 Å². The third-order valence-corrected chi connectivity index (χ3v) is 12.2. The van der Waals surface area contributed by atoms with Crippen LogP contribution in [0.4, 0.5) is 4.39 Å². The van der Waals surface area contributed by atoms with Crippen LogP contribution in [-0.2, 0) is 19.2 Å². The highest BCUT2D eigenvalue weighted by Gasteiger charge is 2.25. The second-order valence-corrected chi connectivity index (χ2v) is 16.4. The van der Waals surface area contributed by atoms with Gasteiger partial charge < -0.3 is 31.5 Å². The van der Waals surface area contributed by atoms with Gasteiger partial charge in [0.05, 0.1) is 21.0 Å². The zero-order chi connectivity index (χ0) is 40.1. The van der Waals surface area contributed by atoms with E-state index in [2.05, 4.69) is 52.2 Å². The highest BCUT2D eigenvalue weighted by Crippen LogP contribution is 2.36. The first-order chi connectivity index (χ1) is 26.0. The summed E-state index contributed by atoms with van der Waals surface area (Å²) in [4.78, 5) is 40.9. The number of halogens is 3. The van der Waals surface area contributed by atoms with Crippen molar-refractivity contribution in [3.63, 3.8) is 0 Å². The molecule has 0 saturated heterocycles. The number of hydrogen-bond donors (Lipinski definition) is 4. The Labute approximate surface area is 350 Å². The topological polar surface area (TPSA) is 204 Å². The highest BCUT2D eigenvalue weighted by atomic mass is 35.5. The molecule has 2 aromatic heterocycles. The first kappa shape index (κ1) is 52.8. The van der Waals surface area contributed by atoms with E-state index >= 15 is 0 Å². The Morgan fingerprint density at radius 1 is 0.764 bits per heavy atom. The van der Waals surface area contributed by atoms with E-state index in [0.29, 0.717) is 24.2 Å². The summed E-state index contributed by atoms with van der Waals surface area (Å²) >= 11 is 3.38. The van der Waals surface area contributed by atoms with Crippen molar-refractivity contribution in [1.82, 2.24) is 25.7 Å². The molecule has 6 N–H and O–H groups in total. The van der Waals surface area contributed by atoms with Crippen LogP contribution < -0.4 is 16.8 Å². The van der Waals surface area contributed by atoms with Crippen LogP contribution in [0.15, 0.2) is 11.0 Å². The van der Waals surface area contributed by atoms with Gasteiger partial charge in [-0.2, -0.15) is 0 Å². The van der Waals surface area contributed by atoms with Gasteiger partial charge in [0, 0.05) is 30.3 Å². The van der Waals surface area contributed by atoms with Crippen molar-refractivity contribution in [1.29, 1.82) is 0 Å². The van der Waals surface area contributed by atoms with Crippen LogP contribution >= 0.6 is 47.5 Å². The van der Waals surface area contributed by atoms with Gasteiger partial charge in [0.15, 0.2) is 0 Å². The standard InChI is InChI=1S/C10H17NO2.C9H14N2S.C8H13N3S.C8H14O2.C2H5NO.CH3F.2ClH/c1-8-2-4-9(5-3-8)10(13)11-6-7-12;1-7-2-4-8(5-3-7)9-11-10-6-12-9;9-7-3-1-6(2-4-7)8-11-10-5-12-8;1-6-2-4-7(5-3-6)8(9)10;3-1-2-4;1-2;;/h7-9H,2-6H2,1H3,(H,11,13);6-8H,2-5H2,1H3;5-7H,1-4,9H2;6-7H,2-5H2,1H3,(H,9,10);2H,1,3H2;1H3;2*1H/i;;;;;1D;;. The average Bonchev–Trinajstić information content (AvgIpc) is 3.93. The van der Waals surface area contributed by atoms with Gasteiger partial charge in [-0.1, -0.05) is 33.6 Å². The van der Waals surface area contributed by atoms with E-state index in [9.17, 15) is 18.8 Å². The van der Waals surface area contributed by atoms with Crippen LogP contribution in [-0.4, -0.2) is 76.2 Å². The maximum atomic E-state index is 11.4. The summed E-state index contributed by atoms with van der Waals surface area (Å²) in [7, 11) is -1.00. The molecule has 2 aromatic rings. The fourth-order valence-electron chi connectivity index (χ4n) is 6.91. The first-order valence-electron chi connectivity index (χ1n) is 19.9. The molecule has 0 bridgehead atoms. The Kier molecular flexibility index (Phi) is 32.6. The molecule has 1 amide bonds. The monoisotopic (exact) mass is 856 g/mol. The summed E-state index contributed by atoms with van der Waals surface area (Å²) in [6.07, 6.45) is 19.6. The molecule has 4 saturated carbocycles.